The summed E-state index contributed by atoms with van der Waals surface area (Å²) in [6.07, 6.45) is 2.12. The molecular formula is C11H23NO4S. The molecule has 102 valence electrons. The first kappa shape index (κ1) is 16.4. The van der Waals surface area contributed by atoms with E-state index >= 15 is 0 Å². The van der Waals surface area contributed by atoms with Crippen molar-refractivity contribution in [3.05, 3.63) is 0 Å². The van der Waals surface area contributed by atoms with Crippen LogP contribution >= 0.6 is 0 Å². The van der Waals surface area contributed by atoms with Crippen LogP contribution in [0.5, 0.6) is 0 Å². The van der Waals surface area contributed by atoms with Crippen LogP contribution in [0.3, 0.4) is 0 Å². The Kier molecular flexibility index (Phi) is 8.16. The Hall–Kier alpha value is -0.620. The van der Waals surface area contributed by atoms with E-state index in [1.165, 1.54) is 4.31 Å². The molecule has 17 heavy (non-hydrogen) atoms. The van der Waals surface area contributed by atoms with Gasteiger partial charge in [-0.15, -0.1) is 0 Å². The summed E-state index contributed by atoms with van der Waals surface area (Å²) in [6, 6.07) is 0. The average Bonchev–Trinajstić information content (AvgIpc) is 2.26. The van der Waals surface area contributed by atoms with Gasteiger partial charge in [0.2, 0.25) is 10.0 Å². The number of carbonyl (C=O) groups excluding carboxylic acids is 1. The maximum Gasteiger partial charge on any atom is 0.321 e. The number of esters is 1. The summed E-state index contributed by atoms with van der Waals surface area (Å²) in [5, 5.41) is 0. The number of carbonyl (C=O) groups is 1. The van der Waals surface area contributed by atoms with E-state index < -0.39 is 16.0 Å². The second kappa shape index (κ2) is 8.47. The lowest BCUT2D eigenvalue weighted by Crippen LogP contribution is -2.38. The number of hydrogen-bond donors (Lipinski definition) is 0. The average molecular weight is 265 g/mol. The summed E-state index contributed by atoms with van der Waals surface area (Å²) in [5.41, 5.74) is 0. The van der Waals surface area contributed by atoms with Crippen molar-refractivity contribution in [2.75, 3.05) is 25.4 Å². The van der Waals surface area contributed by atoms with Crippen molar-refractivity contribution in [3.63, 3.8) is 0 Å². The molecule has 0 saturated heterocycles. The highest BCUT2D eigenvalue weighted by Gasteiger charge is 2.23. The second-order valence-corrected chi connectivity index (χ2v) is 5.90. The van der Waals surface area contributed by atoms with Crippen molar-refractivity contribution in [1.82, 2.24) is 4.31 Å². The van der Waals surface area contributed by atoms with Gasteiger partial charge in [0.1, 0.15) is 6.54 Å². The van der Waals surface area contributed by atoms with E-state index in [-0.39, 0.29) is 18.9 Å². The van der Waals surface area contributed by atoms with Crippen LogP contribution in [0.1, 0.15) is 40.0 Å². The minimum absolute atomic E-state index is 0.100. The molecule has 0 bridgehead atoms. The molecule has 0 aliphatic rings. The molecule has 5 nitrogen and oxygen atoms in total. The quantitative estimate of drug-likeness (QED) is 0.591. The number of sulfonamides is 1. The molecule has 0 aliphatic heterocycles. The minimum atomic E-state index is -3.33. The molecule has 6 heteroatoms. The van der Waals surface area contributed by atoms with Gasteiger partial charge in [0.05, 0.1) is 12.4 Å². The largest absolute Gasteiger partial charge is 0.465 e. The van der Waals surface area contributed by atoms with E-state index in [1.54, 1.807) is 6.92 Å². The van der Waals surface area contributed by atoms with Gasteiger partial charge in [0.25, 0.3) is 0 Å². The third-order valence-electron chi connectivity index (χ3n) is 2.23. The first-order valence-electron chi connectivity index (χ1n) is 6.11. The van der Waals surface area contributed by atoms with Gasteiger partial charge < -0.3 is 4.74 Å². The molecular weight excluding hydrogens is 242 g/mol. The van der Waals surface area contributed by atoms with E-state index in [0.717, 1.165) is 6.42 Å². The Balaban J connectivity index is 4.54. The highest BCUT2D eigenvalue weighted by molar-refractivity contribution is 7.89. The van der Waals surface area contributed by atoms with E-state index in [2.05, 4.69) is 0 Å². The van der Waals surface area contributed by atoms with Crippen molar-refractivity contribution in [1.29, 1.82) is 0 Å². The van der Waals surface area contributed by atoms with Crippen molar-refractivity contribution in [2.45, 2.75) is 40.0 Å². The van der Waals surface area contributed by atoms with Crippen LogP contribution < -0.4 is 0 Å². The fourth-order valence-electron chi connectivity index (χ4n) is 1.37. The van der Waals surface area contributed by atoms with E-state index in [0.29, 0.717) is 19.4 Å². The molecule has 0 unspecified atom stereocenters. The monoisotopic (exact) mass is 265 g/mol. The van der Waals surface area contributed by atoms with Gasteiger partial charge >= 0.3 is 5.97 Å². The summed E-state index contributed by atoms with van der Waals surface area (Å²) in [5.74, 6) is -0.385. The Labute approximate surface area is 104 Å². The third-order valence-corrected chi connectivity index (χ3v) is 4.14. The van der Waals surface area contributed by atoms with Crippen LogP contribution in [0.25, 0.3) is 0 Å². The topological polar surface area (TPSA) is 63.7 Å². The van der Waals surface area contributed by atoms with Crippen molar-refractivity contribution in [2.24, 2.45) is 0 Å². The molecule has 0 heterocycles. The van der Waals surface area contributed by atoms with Gasteiger partial charge in [0.15, 0.2) is 0 Å². The lowest BCUT2D eigenvalue weighted by Gasteiger charge is -2.20. The summed E-state index contributed by atoms with van der Waals surface area (Å²) in [4.78, 5) is 11.3. The van der Waals surface area contributed by atoms with Gasteiger partial charge in [-0.05, 0) is 19.8 Å². The maximum atomic E-state index is 11.9. The van der Waals surface area contributed by atoms with Gasteiger partial charge in [-0.2, -0.15) is 4.31 Å². The van der Waals surface area contributed by atoms with Crippen LogP contribution in [0.15, 0.2) is 0 Å². The first-order valence-corrected chi connectivity index (χ1v) is 7.72. The summed E-state index contributed by atoms with van der Waals surface area (Å²) < 4.78 is 29.9. The zero-order chi connectivity index (χ0) is 13.3. The molecule has 0 aromatic rings. The van der Waals surface area contributed by atoms with Crippen LogP contribution in [-0.4, -0.2) is 44.1 Å². The summed E-state index contributed by atoms with van der Waals surface area (Å²) in [6.45, 7) is 5.98. The Morgan fingerprint density at radius 1 is 1.18 bits per heavy atom. The fraction of sp³-hybridized carbons (Fsp3) is 0.909. The number of rotatable bonds is 9. The molecule has 0 aliphatic carbocycles. The molecule has 0 spiro atoms. The second-order valence-electron chi connectivity index (χ2n) is 3.81. The number of hydrogen-bond acceptors (Lipinski definition) is 4. The highest BCUT2D eigenvalue weighted by atomic mass is 32.2. The van der Waals surface area contributed by atoms with Crippen LogP contribution in [0, 0.1) is 0 Å². The predicted octanol–water partition coefficient (Wildman–Crippen LogP) is 1.39. The number of unbranched alkanes of at least 4 members (excludes halogenated alkanes) is 1. The molecule has 0 radical (unpaired) electrons. The van der Waals surface area contributed by atoms with Gasteiger partial charge in [-0.3, -0.25) is 4.79 Å². The zero-order valence-electron chi connectivity index (χ0n) is 10.9. The summed E-state index contributed by atoms with van der Waals surface area (Å²) >= 11 is 0. The zero-order valence-corrected chi connectivity index (χ0v) is 11.8. The first-order chi connectivity index (χ1) is 7.97. The normalized spacial score (nSPS) is 11.8. The minimum Gasteiger partial charge on any atom is -0.465 e. The smallest absolute Gasteiger partial charge is 0.321 e. The lowest BCUT2D eigenvalue weighted by atomic mass is 10.4. The molecule has 0 rings (SSSR count). The van der Waals surface area contributed by atoms with Crippen molar-refractivity contribution < 1.29 is 17.9 Å². The fourth-order valence-corrected chi connectivity index (χ4v) is 3.05. The molecule has 0 fully saturated rings. The van der Waals surface area contributed by atoms with Crippen LogP contribution in [-0.2, 0) is 19.6 Å². The van der Waals surface area contributed by atoms with Gasteiger partial charge in [-0.25, -0.2) is 8.42 Å². The van der Waals surface area contributed by atoms with Crippen LogP contribution in [0.4, 0.5) is 0 Å². The van der Waals surface area contributed by atoms with Gasteiger partial charge in [-0.1, -0.05) is 20.3 Å². The molecule has 0 amide bonds. The summed E-state index contributed by atoms with van der Waals surface area (Å²) in [7, 11) is -3.33. The Morgan fingerprint density at radius 3 is 2.29 bits per heavy atom. The van der Waals surface area contributed by atoms with Crippen molar-refractivity contribution in [3.8, 4) is 0 Å². The molecule has 0 aromatic heterocycles. The van der Waals surface area contributed by atoms with Crippen LogP contribution in [0.2, 0.25) is 0 Å². The molecule has 0 saturated carbocycles. The number of ether oxygens (including phenoxy) is 1. The van der Waals surface area contributed by atoms with E-state index in [1.807, 2.05) is 13.8 Å². The maximum absolute atomic E-state index is 11.9. The van der Waals surface area contributed by atoms with E-state index in [9.17, 15) is 13.2 Å². The van der Waals surface area contributed by atoms with Crippen molar-refractivity contribution >= 4 is 16.0 Å². The number of nitrogens with zero attached hydrogens (tertiary/aromatic N) is 1. The lowest BCUT2D eigenvalue weighted by molar-refractivity contribution is -0.143. The Morgan fingerprint density at radius 2 is 1.82 bits per heavy atom. The SMILES string of the molecule is CCCCS(=O)(=O)N(CCC)CC(=O)OCC. The third kappa shape index (κ3) is 6.63. The highest BCUT2D eigenvalue weighted by Crippen LogP contribution is 2.06. The molecule has 0 N–H and O–H groups in total. The van der Waals surface area contributed by atoms with Gasteiger partial charge in [0, 0.05) is 6.54 Å². The molecule has 0 atom stereocenters. The predicted molar refractivity (Wildman–Crippen MR) is 67.2 cm³/mol. The Bertz CT molecular complexity index is 313. The standard InChI is InChI=1S/C11H23NO4S/c1-4-7-9-17(14,15)12(8-5-2)10-11(13)16-6-3/h4-10H2,1-3H3. The molecule has 0 aromatic carbocycles. The van der Waals surface area contributed by atoms with E-state index in [4.69, 9.17) is 4.74 Å².